The fourth-order valence-corrected chi connectivity index (χ4v) is 3.68. The van der Waals surface area contributed by atoms with Crippen molar-refractivity contribution in [3.05, 3.63) is 51.9 Å². The zero-order chi connectivity index (χ0) is 24.9. The number of carbonyl (C=O) groups is 1. The van der Waals surface area contributed by atoms with Crippen LogP contribution in [0.4, 0.5) is 13.2 Å². The normalized spacial score (nSPS) is 18.0. The Morgan fingerprint density at radius 2 is 1.85 bits per heavy atom. The number of nitrogens with one attached hydrogen (secondary N) is 1. The van der Waals surface area contributed by atoms with Crippen LogP contribution in [0.5, 0.6) is 5.75 Å². The van der Waals surface area contributed by atoms with Gasteiger partial charge >= 0.3 is 6.18 Å². The van der Waals surface area contributed by atoms with Crippen molar-refractivity contribution in [1.29, 1.82) is 0 Å². The monoisotopic (exact) mass is 486 g/mol. The number of H-pyrrole nitrogens is 1. The number of benzene rings is 1. The van der Waals surface area contributed by atoms with Crippen LogP contribution >= 0.6 is 0 Å². The van der Waals surface area contributed by atoms with E-state index < -0.39 is 40.6 Å². The number of nitrogens with two attached hydrogens (primary N) is 1. The minimum Gasteiger partial charge on any atom is -0.491 e. The van der Waals surface area contributed by atoms with Gasteiger partial charge in [0.2, 0.25) is 0 Å². The largest absolute Gasteiger partial charge is 0.491 e. The topological polar surface area (TPSA) is 122 Å². The van der Waals surface area contributed by atoms with Crippen molar-refractivity contribution in [3.63, 3.8) is 0 Å². The molecule has 1 saturated heterocycles. The van der Waals surface area contributed by atoms with E-state index in [2.05, 4.69) is 0 Å². The van der Waals surface area contributed by atoms with Gasteiger partial charge in [0.15, 0.2) is 0 Å². The maximum absolute atomic E-state index is 13.5. The number of hydrogen-bond donors (Lipinski definition) is 2. The number of pyridine rings is 1. The third kappa shape index (κ3) is 5.95. The minimum absolute atomic E-state index is 0.106. The number of aromatic nitrogens is 1. The van der Waals surface area contributed by atoms with Crippen LogP contribution in [0.15, 0.2) is 35.1 Å². The summed E-state index contributed by atoms with van der Waals surface area (Å²) in [7, 11) is 3.09. The number of halogens is 3. The van der Waals surface area contributed by atoms with Gasteiger partial charge in [-0.25, -0.2) is 0 Å². The first-order valence-electron chi connectivity index (χ1n) is 10.2. The molecule has 9 nitrogen and oxygen atoms in total. The van der Waals surface area contributed by atoms with Crippen LogP contribution in [0.25, 0.3) is 11.1 Å². The zero-order valence-corrected chi connectivity index (χ0v) is 18.6. The fraction of sp³-hybridized carbons (Fsp3) is 0.455. The molecule has 1 fully saturated rings. The molecule has 1 aliphatic heterocycles. The minimum atomic E-state index is -4.85. The van der Waals surface area contributed by atoms with E-state index in [9.17, 15) is 22.8 Å². The molecule has 2 heterocycles. The Labute approximate surface area is 192 Å². The number of hydrogen-bond acceptors (Lipinski definition) is 7. The van der Waals surface area contributed by atoms with Crippen molar-refractivity contribution in [1.82, 2.24) is 4.98 Å². The van der Waals surface area contributed by atoms with E-state index in [1.807, 2.05) is 0 Å². The molecule has 1 aliphatic rings. The molecule has 1 unspecified atom stereocenters. The summed E-state index contributed by atoms with van der Waals surface area (Å²) in [5.41, 5.74) is 0.996. The maximum Gasteiger partial charge on any atom is 0.431 e. The standard InChI is InChI=1S/C22H25F3N2O7/c1-30-10-21(11-31-2)12-32-8-15(34-21)9-33-14-5-3-13(4-6-14)16-7-17(19(26)28)20(29)27-18(16)22(23,24)25/h3-7,15H,8-12H2,1-2H3,(H2,26,28)(H,27,29). The number of carbonyl (C=O) groups excluding carboxylic acids is 1. The second-order valence-electron chi connectivity index (χ2n) is 7.80. The van der Waals surface area contributed by atoms with Gasteiger partial charge < -0.3 is 34.4 Å². The number of amides is 1. The zero-order valence-electron chi connectivity index (χ0n) is 18.6. The maximum atomic E-state index is 13.5. The summed E-state index contributed by atoms with van der Waals surface area (Å²) in [6.45, 7) is 1.23. The van der Waals surface area contributed by atoms with Crippen molar-refractivity contribution >= 4 is 5.91 Å². The lowest BCUT2D eigenvalue weighted by Gasteiger charge is -2.39. The van der Waals surface area contributed by atoms with E-state index in [0.717, 1.165) is 6.07 Å². The Morgan fingerprint density at radius 3 is 2.41 bits per heavy atom. The van der Waals surface area contributed by atoms with Crippen LogP contribution in [0.2, 0.25) is 0 Å². The van der Waals surface area contributed by atoms with E-state index in [0.29, 0.717) is 12.4 Å². The van der Waals surface area contributed by atoms with Gasteiger partial charge in [-0.15, -0.1) is 0 Å². The summed E-state index contributed by atoms with van der Waals surface area (Å²) in [6.07, 6.45) is -5.28. The first-order chi connectivity index (χ1) is 16.1. The lowest BCUT2D eigenvalue weighted by atomic mass is 10.0. The molecular formula is C22H25F3N2O7. The van der Waals surface area contributed by atoms with Crippen molar-refractivity contribution in [3.8, 4) is 16.9 Å². The smallest absolute Gasteiger partial charge is 0.431 e. The summed E-state index contributed by atoms with van der Waals surface area (Å²) in [5.74, 6) is -0.765. The SMILES string of the molecule is COCC1(COC)COCC(COc2ccc(-c3cc(C(N)=O)c(=O)[nH]c3C(F)(F)F)cc2)O1. The average molecular weight is 486 g/mol. The van der Waals surface area contributed by atoms with Crippen molar-refractivity contribution in [2.75, 3.05) is 47.3 Å². The van der Waals surface area contributed by atoms with Gasteiger partial charge in [0.05, 0.1) is 26.4 Å². The number of methoxy groups -OCH3 is 2. The molecule has 0 saturated carbocycles. The molecule has 186 valence electrons. The molecule has 3 N–H and O–H groups in total. The quantitative estimate of drug-likeness (QED) is 0.556. The number of alkyl halides is 3. The molecule has 1 amide bonds. The van der Waals surface area contributed by atoms with Crippen molar-refractivity contribution in [2.45, 2.75) is 17.9 Å². The van der Waals surface area contributed by atoms with E-state index in [1.165, 1.54) is 24.3 Å². The third-order valence-corrected chi connectivity index (χ3v) is 5.09. The van der Waals surface area contributed by atoms with Gasteiger partial charge in [0, 0.05) is 19.8 Å². The lowest BCUT2D eigenvalue weighted by Crippen LogP contribution is -2.54. The third-order valence-electron chi connectivity index (χ3n) is 5.09. The number of primary amides is 1. The molecule has 34 heavy (non-hydrogen) atoms. The average Bonchev–Trinajstić information content (AvgIpc) is 2.78. The van der Waals surface area contributed by atoms with Gasteiger partial charge in [-0.05, 0) is 23.8 Å². The van der Waals surface area contributed by atoms with Gasteiger partial charge in [0.1, 0.15) is 35.3 Å². The molecule has 0 aliphatic carbocycles. The van der Waals surface area contributed by atoms with Crippen LogP contribution < -0.4 is 16.0 Å². The number of rotatable bonds is 9. The molecule has 0 radical (unpaired) electrons. The van der Waals surface area contributed by atoms with Crippen LogP contribution in [0.3, 0.4) is 0 Å². The highest BCUT2D eigenvalue weighted by molar-refractivity contribution is 5.94. The fourth-order valence-electron chi connectivity index (χ4n) is 3.68. The Kier molecular flexibility index (Phi) is 7.97. The van der Waals surface area contributed by atoms with Crippen LogP contribution in [-0.4, -0.2) is 69.9 Å². The first kappa shape index (κ1) is 25.7. The Balaban J connectivity index is 1.76. The van der Waals surface area contributed by atoms with Gasteiger partial charge in [0.25, 0.3) is 11.5 Å². The molecular weight excluding hydrogens is 461 g/mol. The first-order valence-corrected chi connectivity index (χ1v) is 10.2. The van der Waals surface area contributed by atoms with Crippen LogP contribution in [-0.2, 0) is 25.1 Å². The van der Waals surface area contributed by atoms with Crippen LogP contribution in [0.1, 0.15) is 16.1 Å². The van der Waals surface area contributed by atoms with Gasteiger partial charge in [-0.3, -0.25) is 9.59 Å². The van der Waals surface area contributed by atoms with Gasteiger partial charge in [-0.2, -0.15) is 13.2 Å². The second kappa shape index (κ2) is 10.6. The highest BCUT2D eigenvalue weighted by Crippen LogP contribution is 2.36. The Hall–Kier alpha value is -2.93. The lowest BCUT2D eigenvalue weighted by molar-refractivity contribution is -0.236. The molecule has 0 bridgehead atoms. The molecule has 2 aromatic rings. The molecule has 1 aromatic carbocycles. The van der Waals surface area contributed by atoms with Crippen LogP contribution in [0, 0.1) is 0 Å². The molecule has 0 spiro atoms. The summed E-state index contributed by atoms with van der Waals surface area (Å²) in [5, 5.41) is 0. The molecule has 3 rings (SSSR count). The Morgan fingerprint density at radius 1 is 1.21 bits per heavy atom. The van der Waals surface area contributed by atoms with E-state index in [-0.39, 0.29) is 37.6 Å². The molecule has 1 atom stereocenters. The summed E-state index contributed by atoms with van der Waals surface area (Å²) in [4.78, 5) is 25.0. The summed E-state index contributed by atoms with van der Waals surface area (Å²) < 4.78 is 68.2. The summed E-state index contributed by atoms with van der Waals surface area (Å²) in [6, 6.07) is 6.51. The number of ether oxygens (including phenoxy) is 5. The predicted molar refractivity (Wildman–Crippen MR) is 114 cm³/mol. The van der Waals surface area contributed by atoms with E-state index in [4.69, 9.17) is 29.4 Å². The molecule has 1 aromatic heterocycles. The number of aromatic amines is 1. The van der Waals surface area contributed by atoms with Crippen molar-refractivity contribution < 1.29 is 41.7 Å². The van der Waals surface area contributed by atoms with E-state index >= 15 is 0 Å². The summed E-state index contributed by atoms with van der Waals surface area (Å²) >= 11 is 0. The van der Waals surface area contributed by atoms with E-state index in [1.54, 1.807) is 19.2 Å². The highest BCUT2D eigenvalue weighted by Gasteiger charge is 2.39. The Bertz CT molecular complexity index is 1040. The van der Waals surface area contributed by atoms with Gasteiger partial charge in [-0.1, -0.05) is 12.1 Å². The molecule has 12 heteroatoms. The van der Waals surface area contributed by atoms with Crippen molar-refractivity contribution in [2.24, 2.45) is 5.73 Å². The predicted octanol–water partition coefficient (Wildman–Crippen LogP) is 1.99. The second-order valence-corrected chi connectivity index (χ2v) is 7.80. The highest BCUT2D eigenvalue weighted by atomic mass is 19.4.